The molecule has 0 bridgehead atoms. The Morgan fingerprint density at radius 2 is 2.15 bits per heavy atom. The van der Waals surface area contributed by atoms with E-state index in [2.05, 4.69) is 17.1 Å². The zero-order valence-electron chi connectivity index (χ0n) is 15.1. The van der Waals surface area contributed by atoms with Gasteiger partial charge in [0.2, 0.25) is 0 Å². The van der Waals surface area contributed by atoms with Crippen molar-refractivity contribution in [3.8, 4) is 0 Å². The highest BCUT2D eigenvalue weighted by molar-refractivity contribution is 7.14. The van der Waals surface area contributed by atoms with E-state index in [0.717, 1.165) is 43.0 Å². The number of fused-ring (bicyclic) bond motifs is 1. The van der Waals surface area contributed by atoms with Gasteiger partial charge in [-0.1, -0.05) is 6.92 Å². The maximum atomic E-state index is 13.0. The summed E-state index contributed by atoms with van der Waals surface area (Å²) in [5, 5.41) is 5.91. The number of aromatic amines is 1. The topological polar surface area (TPSA) is 49.0 Å². The van der Waals surface area contributed by atoms with E-state index < -0.39 is 11.9 Å². The fourth-order valence-corrected chi connectivity index (χ4v) is 5.25. The lowest BCUT2D eigenvalue weighted by Crippen LogP contribution is -2.38. The summed E-state index contributed by atoms with van der Waals surface area (Å²) < 4.78 is 38.4. The number of hydrogen-bond acceptors (Lipinski definition) is 3. The van der Waals surface area contributed by atoms with Crippen LogP contribution in [0.2, 0.25) is 0 Å². The first-order valence-corrected chi connectivity index (χ1v) is 10.2. The molecule has 1 amide bonds. The molecule has 0 saturated carbocycles. The number of thiophene rings is 1. The zero-order valence-corrected chi connectivity index (χ0v) is 15.9. The van der Waals surface area contributed by atoms with Gasteiger partial charge in [0.05, 0.1) is 4.88 Å². The molecule has 2 unspecified atom stereocenters. The van der Waals surface area contributed by atoms with Crippen LogP contribution in [0.5, 0.6) is 0 Å². The number of likely N-dealkylation sites (tertiary alicyclic amines) is 1. The third kappa shape index (κ3) is 3.77. The van der Waals surface area contributed by atoms with Gasteiger partial charge in [0.1, 0.15) is 0 Å². The van der Waals surface area contributed by atoms with Crippen LogP contribution >= 0.6 is 11.3 Å². The Hall–Kier alpha value is -1.83. The molecule has 8 heteroatoms. The van der Waals surface area contributed by atoms with E-state index in [1.54, 1.807) is 16.2 Å². The average Bonchev–Trinajstić information content (AvgIpc) is 3.27. The standard InChI is InChI=1S/C19H22F3N3OS/c1-11-4-5-15-13(7-11)8-16(27-15)18(26)25-6-2-3-12(10-25)14-9-17(24-23-14)19(20,21)22/h8-9,11-12H,2-7,10H2,1H3,(H,23,24). The molecule has 1 fully saturated rings. The summed E-state index contributed by atoms with van der Waals surface area (Å²) in [5.74, 6) is 0.515. The summed E-state index contributed by atoms with van der Waals surface area (Å²) in [6.07, 6.45) is 0.294. The van der Waals surface area contributed by atoms with E-state index in [1.165, 1.54) is 10.4 Å². The van der Waals surface area contributed by atoms with E-state index in [-0.39, 0.29) is 11.8 Å². The molecule has 1 saturated heterocycles. The van der Waals surface area contributed by atoms with Crippen molar-refractivity contribution in [2.24, 2.45) is 5.92 Å². The Morgan fingerprint density at radius 1 is 1.33 bits per heavy atom. The lowest BCUT2D eigenvalue weighted by atomic mass is 9.90. The zero-order chi connectivity index (χ0) is 19.2. The van der Waals surface area contributed by atoms with Gasteiger partial charge in [0, 0.05) is 29.6 Å². The van der Waals surface area contributed by atoms with Gasteiger partial charge < -0.3 is 4.90 Å². The van der Waals surface area contributed by atoms with Crippen molar-refractivity contribution in [1.82, 2.24) is 15.1 Å². The number of hydrogen-bond donors (Lipinski definition) is 1. The fraction of sp³-hybridized carbons (Fsp3) is 0.579. The van der Waals surface area contributed by atoms with Crippen molar-refractivity contribution in [2.45, 2.75) is 51.1 Å². The number of nitrogens with one attached hydrogen (secondary N) is 1. The minimum absolute atomic E-state index is 0.00214. The van der Waals surface area contributed by atoms with E-state index in [1.807, 2.05) is 6.07 Å². The number of rotatable bonds is 2. The molecule has 0 aromatic carbocycles. The largest absolute Gasteiger partial charge is 0.435 e. The van der Waals surface area contributed by atoms with Crippen LogP contribution in [0.25, 0.3) is 0 Å². The summed E-state index contributed by atoms with van der Waals surface area (Å²) in [6, 6.07) is 3.10. The molecule has 1 aliphatic carbocycles. The molecule has 1 N–H and O–H groups in total. The Balaban J connectivity index is 1.48. The summed E-state index contributed by atoms with van der Waals surface area (Å²) in [5.41, 5.74) is 0.846. The number of aromatic nitrogens is 2. The quantitative estimate of drug-likeness (QED) is 0.803. The Kier molecular flexibility index (Phi) is 4.78. The van der Waals surface area contributed by atoms with Crippen molar-refractivity contribution in [1.29, 1.82) is 0 Å². The van der Waals surface area contributed by atoms with Crippen molar-refractivity contribution in [2.75, 3.05) is 13.1 Å². The maximum Gasteiger partial charge on any atom is 0.435 e. The second-order valence-corrected chi connectivity index (χ2v) is 8.84. The highest BCUT2D eigenvalue weighted by Gasteiger charge is 2.35. The molecule has 146 valence electrons. The van der Waals surface area contributed by atoms with Gasteiger partial charge in [0.15, 0.2) is 5.69 Å². The van der Waals surface area contributed by atoms with E-state index >= 15 is 0 Å². The van der Waals surface area contributed by atoms with Gasteiger partial charge in [0.25, 0.3) is 5.91 Å². The van der Waals surface area contributed by atoms with Crippen LogP contribution in [0, 0.1) is 5.92 Å². The minimum Gasteiger partial charge on any atom is -0.337 e. The molecular formula is C19H22F3N3OS. The summed E-state index contributed by atoms with van der Waals surface area (Å²) in [6.45, 7) is 3.31. The number of alkyl halides is 3. The molecule has 0 spiro atoms. The van der Waals surface area contributed by atoms with Gasteiger partial charge >= 0.3 is 6.18 Å². The normalized spacial score (nSPS) is 23.3. The van der Waals surface area contributed by atoms with Gasteiger partial charge in [-0.25, -0.2) is 0 Å². The maximum absolute atomic E-state index is 13.0. The highest BCUT2D eigenvalue weighted by atomic mass is 32.1. The van der Waals surface area contributed by atoms with Crippen LogP contribution in [0.3, 0.4) is 0 Å². The van der Waals surface area contributed by atoms with Crippen LogP contribution in [-0.4, -0.2) is 34.1 Å². The predicted octanol–water partition coefficient (Wildman–Crippen LogP) is 4.63. The first-order chi connectivity index (χ1) is 12.8. The van der Waals surface area contributed by atoms with Crippen molar-refractivity contribution in [3.63, 3.8) is 0 Å². The van der Waals surface area contributed by atoms with Gasteiger partial charge in [-0.2, -0.15) is 18.3 Å². The van der Waals surface area contributed by atoms with Crippen LogP contribution in [0.15, 0.2) is 12.1 Å². The Morgan fingerprint density at radius 3 is 2.89 bits per heavy atom. The number of H-pyrrole nitrogens is 1. The van der Waals surface area contributed by atoms with Crippen molar-refractivity contribution in [3.05, 3.63) is 38.8 Å². The van der Waals surface area contributed by atoms with E-state index in [9.17, 15) is 18.0 Å². The molecule has 2 aromatic heterocycles. The van der Waals surface area contributed by atoms with Gasteiger partial charge in [-0.3, -0.25) is 9.89 Å². The van der Waals surface area contributed by atoms with Crippen LogP contribution < -0.4 is 0 Å². The summed E-state index contributed by atoms with van der Waals surface area (Å²) in [4.78, 5) is 16.8. The fourth-order valence-electron chi connectivity index (χ4n) is 4.07. The minimum atomic E-state index is -4.45. The van der Waals surface area contributed by atoms with Crippen LogP contribution in [0.4, 0.5) is 13.2 Å². The second-order valence-electron chi connectivity index (χ2n) is 7.70. The molecule has 4 rings (SSSR count). The third-order valence-corrected chi connectivity index (χ3v) is 6.80. The average molecular weight is 397 g/mol. The molecule has 0 radical (unpaired) electrons. The first kappa shape index (κ1) is 18.5. The third-order valence-electron chi connectivity index (χ3n) is 5.58. The van der Waals surface area contributed by atoms with Crippen molar-refractivity contribution < 1.29 is 18.0 Å². The van der Waals surface area contributed by atoms with E-state index in [4.69, 9.17) is 0 Å². The number of carbonyl (C=O) groups excluding carboxylic acids is 1. The molecule has 1 aliphatic heterocycles. The monoisotopic (exact) mass is 397 g/mol. The van der Waals surface area contributed by atoms with Gasteiger partial charge in [-0.05, 0) is 55.7 Å². The number of nitrogens with zero attached hydrogens (tertiary/aromatic N) is 2. The van der Waals surface area contributed by atoms with Gasteiger partial charge in [-0.15, -0.1) is 11.3 Å². The Bertz CT molecular complexity index is 842. The SMILES string of the molecule is CC1CCc2sc(C(=O)N3CCCC(c4cc(C(F)(F)F)n[nH]4)C3)cc2C1. The summed E-state index contributed by atoms with van der Waals surface area (Å²) in [7, 11) is 0. The van der Waals surface area contributed by atoms with Crippen LogP contribution in [0.1, 0.15) is 63.6 Å². The predicted molar refractivity (Wildman–Crippen MR) is 97.0 cm³/mol. The van der Waals surface area contributed by atoms with Crippen LogP contribution in [-0.2, 0) is 19.0 Å². The second kappa shape index (κ2) is 6.96. The molecule has 2 aromatic rings. The molecular weight excluding hydrogens is 375 g/mol. The number of aryl methyl sites for hydroxylation is 1. The molecule has 3 heterocycles. The lowest BCUT2D eigenvalue weighted by molar-refractivity contribution is -0.141. The van der Waals surface area contributed by atoms with E-state index in [0.29, 0.717) is 24.7 Å². The molecule has 27 heavy (non-hydrogen) atoms. The van der Waals surface area contributed by atoms with Crippen molar-refractivity contribution >= 4 is 17.2 Å². The highest BCUT2D eigenvalue weighted by Crippen LogP contribution is 2.35. The first-order valence-electron chi connectivity index (χ1n) is 9.34. The number of piperidine rings is 1. The molecule has 2 atom stereocenters. The number of amides is 1. The molecule has 2 aliphatic rings. The number of halogens is 3. The molecule has 4 nitrogen and oxygen atoms in total. The lowest BCUT2D eigenvalue weighted by Gasteiger charge is -2.32. The summed E-state index contributed by atoms with van der Waals surface area (Å²) >= 11 is 1.58. The Labute approximate surface area is 159 Å². The number of carbonyl (C=O) groups is 1. The smallest absolute Gasteiger partial charge is 0.337 e.